The third kappa shape index (κ3) is 2.29. The molecule has 4 heteroatoms. The molecular weight excluding hydrogens is 206 g/mol. The van der Waals surface area contributed by atoms with Gasteiger partial charge in [-0.3, -0.25) is 0 Å². The number of anilines is 1. The predicted molar refractivity (Wildman–Crippen MR) is 62.1 cm³/mol. The standard InChI is InChI=1S/C11H15N3S/c1-9-4-2-3-7-14(9)11-13-10(5-6-12)8-15-11/h8-9H,2-5,7H2,1H3. The Balaban J connectivity index is 2.10. The second-order valence-corrected chi connectivity index (χ2v) is 4.83. The Bertz CT molecular complexity index is 366. The SMILES string of the molecule is CC1CCCCN1c1nc(CC#N)cs1. The fraction of sp³-hybridized carbons (Fsp3) is 0.636. The lowest BCUT2D eigenvalue weighted by atomic mass is 10.1. The highest BCUT2D eigenvalue weighted by atomic mass is 32.1. The number of thiazole rings is 1. The molecular formula is C11H15N3S. The summed E-state index contributed by atoms with van der Waals surface area (Å²) in [7, 11) is 0. The van der Waals surface area contributed by atoms with E-state index in [1.54, 1.807) is 11.3 Å². The molecule has 0 bridgehead atoms. The van der Waals surface area contributed by atoms with Crippen molar-refractivity contribution in [3.05, 3.63) is 11.1 Å². The van der Waals surface area contributed by atoms with Crippen molar-refractivity contribution in [1.82, 2.24) is 4.98 Å². The van der Waals surface area contributed by atoms with E-state index in [0.717, 1.165) is 17.4 Å². The first kappa shape index (κ1) is 10.4. The molecule has 0 aromatic carbocycles. The molecule has 1 aromatic rings. The van der Waals surface area contributed by atoms with Crippen molar-refractivity contribution in [3.8, 4) is 6.07 Å². The maximum Gasteiger partial charge on any atom is 0.185 e. The first-order valence-corrected chi connectivity index (χ1v) is 6.27. The minimum Gasteiger partial charge on any atom is -0.345 e. The van der Waals surface area contributed by atoms with Gasteiger partial charge in [-0.1, -0.05) is 0 Å². The van der Waals surface area contributed by atoms with Crippen LogP contribution in [0.5, 0.6) is 0 Å². The Morgan fingerprint density at radius 1 is 1.67 bits per heavy atom. The highest BCUT2D eigenvalue weighted by Crippen LogP contribution is 2.27. The first-order valence-electron chi connectivity index (χ1n) is 5.39. The topological polar surface area (TPSA) is 39.9 Å². The van der Waals surface area contributed by atoms with Gasteiger partial charge in [0, 0.05) is 18.0 Å². The summed E-state index contributed by atoms with van der Waals surface area (Å²) < 4.78 is 0. The van der Waals surface area contributed by atoms with E-state index in [1.807, 2.05) is 5.38 Å². The summed E-state index contributed by atoms with van der Waals surface area (Å²) in [5.41, 5.74) is 0.912. The average molecular weight is 221 g/mol. The van der Waals surface area contributed by atoms with Gasteiger partial charge in [-0.05, 0) is 26.2 Å². The molecule has 1 atom stereocenters. The van der Waals surface area contributed by atoms with Crippen molar-refractivity contribution in [2.45, 2.75) is 38.6 Å². The van der Waals surface area contributed by atoms with Crippen molar-refractivity contribution in [2.75, 3.05) is 11.4 Å². The lowest BCUT2D eigenvalue weighted by molar-refractivity contribution is 0.484. The third-order valence-corrected chi connectivity index (χ3v) is 3.78. The van der Waals surface area contributed by atoms with Gasteiger partial charge in [-0.2, -0.15) is 5.26 Å². The van der Waals surface area contributed by atoms with E-state index >= 15 is 0 Å². The number of aromatic nitrogens is 1. The summed E-state index contributed by atoms with van der Waals surface area (Å²) in [5.74, 6) is 0. The summed E-state index contributed by atoms with van der Waals surface area (Å²) in [6.07, 6.45) is 4.28. The van der Waals surface area contributed by atoms with Crippen molar-refractivity contribution in [3.63, 3.8) is 0 Å². The third-order valence-electron chi connectivity index (χ3n) is 2.85. The Labute approximate surface area is 94.4 Å². The summed E-state index contributed by atoms with van der Waals surface area (Å²) in [4.78, 5) is 6.87. The van der Waals surface area contributed by atoms with Crippen LogP contribution in [0.15, 0.2) is 5.38 Å². The van der Waals surface area contributed by atoms with Crippen molar-refractivity contribution in [2.24, 2.45) is 0 Å². The lowest BCUT2D eigenvalue weighted by Crippen LogP contribution is -2.37. The Kier molecular flexibility index (Phi) is 3.22. The average Bonchev–Trinajstić information content (AvgIpc) is 2.68. The Hall–Kier alpha value is -1.08. The molecule has 0 radical (unpaired) electrons. The number of rotatable bonds is 2. The zero-order chi connectivity index (χ0) is 10.7. The van der Waals surface area contributed by atoms with E-state index in [4.69, 9.17) is 5.26 Å². The van der Waals surface area contributed by atoms with Gasteiger partial charge in [0.2, 0.25) is 0 Å². The van der Waals surface area contributed by atoms with Crippen LogP contribution in [0.3, 0.4) is 0 Å². The van der Waals surface area contributed by atoms with Gasteiger partial charge < -0.3 is 4.90 Å². The van der Waals surface area contributed by atoms with Gasteiger partial charge in [-0.15, -0.1) is 11.3 Å². The highest BCUT2D eigenvalue weighted by molar-refractivity contribution is 7.13. The molecule has 2 rings (SSSR count). The molecule has 1 saturated heterocycles. The van der Waals surface area contributed by atoms with Gasteiger partial charge >= 0.3 is 0 Å². The maximum atomic E-state index is 8.59. The molecule has 0 amide bonds. The zero-order valence-corrected chi connectivity index (χ0v) is 9.76. The number of piperidine rings is 1. The predicted octanol–water partition coefficient (Wildman–Crippen LogP) is 2.59. The first-order chi connectivity index (χ1) is 7.31. The summed E-state index contributed by atoms with van der Waals surface area (Å²) in [5, 5.41) is 11.7. The van der Waals surface area contributed by atoms with Crippen LogP contribution < -0.4 is 4.90 Å². The van der Waals surface area contributed by atoms with E-state index in [2.05, 4.69) is 22.9 Å². The number of nitriles is 1. The van der Waals surface area contributed by atoms with Gasteiger partial charge in [-0.25, -0.2) is 4.98 Å². The van der Waals surface area contributed by atoms with Crippen LogP contribution in [0.4, 0.5) is 5.13 Å². The fourth-order valence-electron chi connectivity index (χ4n) is 1.97. The molecule has 1 aliphatic rings. The fourth-order valence-corrected chi connectivity index (χ4v) is 2.93. The van der Waals surface area contributed by atoms with Gasteiger partial charge in [0.1, 0.15) is 0 Å². The van der Waals surface area contributed by atoms with Crippen molar-refractivity contribution >= 4 is 16.5 Å². The molecule has 0 N–H and O–H groups in total. The molecule has 1 unspecified atom stereocenters. The second kappa shape index (κ2) is 4.63. The van der Waals surface area contributed by atoms with Crippen LogP contribution >= 0.6 is 11.3 Å². The zero-order valence-electron chi connectivity index (χ0n) is 8.94. The lowest BCUT2D eigenvalue weighted by Gasteiger charge is -2.33. The summed E-state index contributed by atoms with van der Waals surface area (Å²) >= 11 is 1.66. The van der Waals surface area contributed by atoms with E-state index in [1.165, 1.54) is 19.3 Å². The molecule has 2 heterocycles. The molecule has 15 heavy (non-hydrogen) atoms. The monoisotopic (exact) mass is 221 g/mol. The van der Waals surface area contributed by atoms with Gasteiger partial charge in [0.25, 0.3) is 0 Å². The molecule has 0 spiro atoms. The normalized spacial score (nSPS) is 21.3. The molecule has 3 nitrogen and oxygen atoms in total. The smallest absolute Gasteiger partial charge is 0.185 e. The largest absolute Gasteiger partial charge is 0.345 e. The van der Waals surface area contributed by atoms with E-state index < -0.39 is 0 Å². The second-order valence-electron chi connectivity index (χ2n) is 3.99. The summed E-state index contributed by atoms with van der Waals surface area (Å²) in [6, 6.07) is 2.73. The molecule has 1 aromatic heterocycles. The Morgan fingerprint density at radius 2 is 2.53 bits per heavy atom. The van der Waals surface area contributed by atoms with Crippen molar-refractivity contribution in [1.29, 1.82) is 5.26 Å². The van der Waals surface area contributed by atoms with Gasteiger partial charge in [0.15, 0.2) is 5.13 Å². The highest BCUT2D eigenvalue weighted by Gasteiger charge is 2.20. The minimum absolute atomic E-state index is 0.429. The van der Waals surface area contributed by atoms with Crippen molar-refractivity contribution < 1.29 is 0 Å². The molecule has 0 aliphatic carbocycles. The van der Waals surface area contributed by atoms with Crippen LogP contribution in [-0.4, -0.2) is 17.6 Å². The molecule has 0 saturated carbocycles. The molecule has 80 valence electrons. The van der Waals surface area contributed by atoms with Crippen LogP contribution in [0, 0.1) is 11.3 Å². The number of hydrogen-bond donors (Lipinski definition) is 0. The Morgan fingerprint density at radius 3 is 3.27 bits per heavy atom. The van der Waals surface area contributed by atoms with Crippen LogP contribution in [-0.2, 0) is 6.42 Å². The summed E-state index contributed by atoms with van der Waals surface area (Å²) in [6.45, 7) is 3.37. The van der Waals surface area contributed by atoms with E-state index in [0.29, 0.717) is 12.5 Å². The quantitative estimate of drug-likeness (QED) is 0.770. The number of nitrogens with zero attached hydrogens (tertiary/aromatic N) is 3. The van der Waals surface area contributed by atoms with Crippen LogP contribution in [0.2, 0.25) is 0 Å². The maximum absolute atomic E-state index is 8.59. The van der Waals surface area contributed by atoms with Crippen LogP contribution in [0.25, 0.3) is 0 Å². The van der Waals surface area contributed by atoms with E-state index in [9.17, 15) is 0 Å². The minimum atomic E-state index is 0.429. The number of hydrogen-bond acceptors (Lipinski definition) is 4. The molecule has 1 fully saturated rings. The van der Waals surface area contributed by atoms with E-state index in [-0.39, 0.29) is 0 Å². The van der Waals surface area contributed by atoms with Crippen LogP contribution in [0.1, 0.15) is 31.9 Å². The van der Waals surface area contributed by atoms with Gasteiger partial charge in [0.05, 0.1) is 18.2 Å². The molecule has 1 aliphatic heterocycles.